The minimum absolute atomic E-state index is 0.585. The van der Waals surface area contributed by atoms with E-state index in [9.17, 15) is 0 Å². The molecule has 3 rings (SSSR count). The van der Waals surface area contributed by atoms with E-state index in [0.29, 0.717) is 6.04 Å². The molecule has 0 amide bonds. The third-order valence-electron chi connectivity index (χ3n) is 4.86. The Labute approximate surface area is 81.1 Å². The summed E-state index contributed by atoms with van der Waals surface area (Å²) in [5.74, 6) is 3.98. The second kappa shape index (κ2) is 2.98. The smallest absolute Gasteiger partial charge is 0.0101 e. The minimum Gasteiger partial charge on any atom is -0.327 e. The molecule has 1 heteroatoms. The van der Waals surface area contributed by atoms with Gasteiger partial charge in [-0.05, 0) is 49.4 Å². The van der Waals surface area contributed by atoms with E-state index >= 15 is 0 Å². The summed E-state index contributed by atoms with van der Waals surface area (Å²) in [7, 11) is 0. The second-order valence-electron chi connectivity index (χ2n) is 5.46. The van der Waals surface area contributed by atoms with Gasteiger partial charge in [-0.2, -0.15) is 0 Å². The van der Waals surface area contributed by atoms with Crippen LogP contribution in [0.15, 0.2) is 0 Å². The van der Waals surface area contributed by atoms with Gasteiger partial charge in [-0.1, -0.05) is 19.3 Å². The molecular weight excluding hydrogens is 158 g/mol. The zero-order valence-electron chi connectivity index (χ0n) is 8.41. The van der Waals surface area contributed by atoms with Crippen LogP contribution in [0, 0.1) is 23.7 Å². The Bertz CT molecular complexity index is 185. The van der Waals surface area contributed by atoms with Crippen LogP contribution < -0.4 is 5.73 Å². The van der Waals surface area contributed by atoms with Gasteiger partial charge in [-0.3, -0.25) is 0 Å². The molecule has 0 aromatic carbocycles. The molecule has 0 saturated heterocycles. The average Bonchev–Trinajstić information content (AvgIpc) is 2.74. The van der Waals surface area contributed by atoms with Gasteiger partial charge in [0, 0.05) is 6.04 Å². The monoisotopic (exact) mass is 179 g/mol. The first kappa shape index (κ1) is 8.28. The SMILES string of the molecule is NC(C1CCC1)C1C2CCCCC21. The topological polar surface area (TPSA) is 26.0 Å². The Morgan fingerprint density at radius 3 is 1.92 bits per heavy atom. The lowest BCUT2D eigenvalue weighted by Crippen LogP contribution is -2.37. The Morgan fingerprint density at radius 1 is 0.846 bits per heavy atom. The molecule has 0 aromatic rings. The zero-order valence-corrected chi connectivity index (χ0v) is 8.41. The van der Waals surface area contributed by atoms with Crippen molar-refractivity contribution in [1.29, 1.82) is 0 Å². The number of hydrogen-bond acceptors (Lipinski definition) is 1. The molecule has 74 valence electrons. The number of rotatable bonds is 2. The van der Waals surface area contributed by atoms with Gasteiger partial charge in [0.05, 0.1) is 0 Å². The summed E-state index contributed by atoms with van der Waals surface area (Å²) in [5.41, 5.74) is 6.34. The van der Waals surface area contributed by atoms with Gasteiger partial charge < -0.3 is 5.73 Å². The summed E-state index contributed by atoms with van der Waals surface area (Å²) in [6, 6.07) is 0.585. The normalized spacial score (nSPS) is 46.4. The summed E-state index contributed by atoms with van der Waals surface area (Å²) in [5, 5.41) is 0. The molecule has 1 nitrogen and oxygen atoms in total. The lowest BCUT2D eigenvalue weighted by Gasteiger charge is -2.31. The molecule has 0 aromatic heterocycles. The maximum atomic E-state index is 6.34. The highest BCUT2D eigenvalue weighted by molar-refractivity contribution is 5.06. The minimum atomic E-state index is 0.585. The van der Waals surface area contributed by atoms with Gasteiger partial charge in [0.1, 0.15) is 0 Å². The molecule has 3 unspecified atom stereocenters. The summed E-state index contributed by atoms with van der Waals surface area (Å²) in [6.45, 7) is 0. The lowest BCUT2D eigenvalue weighted by atomic mass is 9.77. The predicted molar refractivity (Wildman–Crippen MR) is 54.3 cm³/mol. The van der Waals surface area contributed by atoms with Crippen LogP contribution >= 0.6 is 0 Å². The molecule has 0 bridgehead atoms. The molecular formula is C12H21N. The number of hydrogen-bond donors (Lipinski definition) is 1. The maximum absolute atomic E-state index is 6.34. The van der Waals surface area contributed by atoms with Gasteiger partial charge >= 0.3 is 0 Å². The molecule has 0 radical (unpaired) electrons. The highest BCUT2D eigenvalue weighted by atomic mass is 14.8. The molecule has 3 aliphatic carbocycles. The molecule has 0 spiro atoms. The molecule has 3 saturated carbocycles. The van der Waals surface area contributed by atoms with Crippen molar-refractivity contribution in [3.63, 3.8) is 0 Å². The first-order chi connectivity index (χ1) is 6.38. The zero-order chi connectivity index (χ0) is 8.84. The van der Waals surface area contributed by atoms with Crippen molar-refractivity contribution in [2.75, 3.05) is 0 Å². The van der Waals surface area contributed by atoms with E-state index in [1.54, 1.807) is 0 Å². The van der Waals surface area contributed by atoms with E-state index in [1.165, 1.54) is 44.9 Å². The number of nitrogens with two attached hydrogens (primary N) is 1. The van der Waals surface area contributed by atoms with E-state index < -0.39 is 0 Å². The van der Waals surface area contributed by atoms with Gasteiger partial charge in [0.25, 0.3) is 0 Å². The van der Waals surface area contributed by atoms with E-state index in [0.717, 1.165) is 23.7 Å². The highest BCUT2D eigenvalue weighted by Gasteiger charge is 2.54. The van der Waals surface area contributed by atoms with Crippen LogP contribution in [0.4, 0.5) is 0 Å². The second-order valence-corrected chi connectivity index (χ2v) is 5.46. The Balaban J connectivity index is 1.60. The maximum Gasteiger partial charge on any atom is 0.0101 e. The van der Waals surface area contributed by atoms with Crippen molar-refractivity contribution in [2.45, 2.75) is 51.0 Å². The molecule has 13 heavy (non-hydrogen) atoms. The fourth-order valence-corrected chi connectivity index (χ4v) is 3.76. The van der Waals surface area contributed by atoms with E-state index in [-0.39, 0.29) is 0 Å². The van der Waals surface area contributed by atoms with E-state index in [4.69, 9.17) is 5.73 Å². The van der Waals surface area contributed by atoms with Gasteiger partial charge in [-0.25, -0.2) is 0 Å². The van der Waals surface area contributed by atoms with Crippen LogP contribution in [0.25, 0.3) is 0 Å². The largest absolute Gasteiger partial charge is 0.327 e. The standard InChI is InChI=1S/C12H21N/c13-12(8-4-3-5-8)11-9-6-1-2-7-10(9)11/h8-12H,1-7,13H2. The van der Waals surface area contributed by atoms with Gasteiger partial charge in [-0.15, -0.1) is 0 Å². The fourth-order valence-electron chi connectivity index (χ4n) is 3.76. The predicted octanol–water partition coefficient (Wildman–Crippen LogP) is 2.55. The highest BCUT2D eigenvalue weighted by Crippen LogP contribution is 2.58. The van der Waals surface area contributed by atoms with Crippen LogP contribution in [0.1, 0.15) is 44.9 Å². The first-order valence-corrected chi connectivity index (χ1v) is 6.13. The van der Waals surface area contributed by atoms with E-state index in [1.807, 2.05) is 0 Å². The molecule has 3 fully saturated rings. The van der Waals surface area contributed by atoms with Crippen LogP contribution in [0.5, 0.6) is 0 Å². The summed E-state index contributed by atoms with van der Waals surface area (Å²) in [6.07, 6.45) is 10.3. The molecule has 0 heterocycles. The Morgan fingerprint density at radius 2 is 1.46 bits per heavy atom. The third-order valence-corrected chi connectivity index (χ3v) is 4.86. The summed E-state index contributed by atoms with van der Waals surface area (Å²) in [4.78, 5) is 0. The van der Waals surface area contributed by atoms with Crippen LogP contribution in [0.3, 0.4) is 0 Å². The summed E-state index contributed by atoms with van der Waals surface area (Å²) >= 11 is 0. The Hall–Kier alpha value is -0.0400. The third kappa shape index (κ3) is 1.24. The molecule has 3 aliphatic rings. The fraction of sp³-hybridized carbons (Fsp3) is 1.00. The van der Waals surface area contributed by atoms with Crippen molar-refractivity contribution < 1.29 is 0 Å². The van der Waals surface area contributed by atoms with Crippen molar-refractivity contribution >= 4 is 0 Å². The van der Waals surface area contributed by atoms with Crippen LogP contribution in [-0.4, -0.2) is 6.04 Å². The molecule has 3 atom stereocenters. The van der Waals surface area contributed by atoms with Crippen LogP contribution in [-0.2, 0) is 0 Å². The summed E-state index contributed by atoms with van der Waals surface area (Å²) < 4.78 is 0. The first-order valence-electron chi connectivity index (χ1n) is 6.13. The van der Waals surface area contributed by atoms with Crippen molar-refractivity contribution in [3.8, 4) is 0 Å². The Kier molecular flexibility index (Phi) is 1.90. The molecule has 0 aliphatic heterocycles. The van der Waals surface area contributed by atoms with Gasteiger partial charge in [0.15, 0.2) is 0 Å². The van der Waals surface area contributed by atoms with E-state index in [2.05, 4.69) is 0 Å². The quantitative estimate of drug-likeness (QED) is 0.692. The van der Waals surface area contributed by atoms with Crippen LogP contribution in [0.2, 0.25) is 0 Å². The van der Waals surface area contributed by atoms with Gasteiger partial charge in [0.2, 0.25) is 0 Å². The van der Waals surface area contributed by atoms with Crippen molar-refractivity contribution in [3.05, 3.63) is 0 Å². The van der Waals surface area contributed by atoms with Crippen molar-refractivity contribution in [2.24, 2.45) is 29.4 Å². The molecule has 2 N–H and O–H groups in total. The van der Waals surface area contributed by atoms with Crippen molar-refractivity contribution in [1.82, 2.24) is 0 Å². The number of fused-ring (bicyclic) bond motifs is 1. The average molecular weight is 179 g/mol. The lowest BCUT2D eigenvalue weighted by molar-refractivity contribution is 0.235.